The quantitative estimate of drug-likeness (QED) is 0.688. The maximum atomic E-state index is 12.2. The first-order valence-electron chi connectivity index (χ1n) is 8.24. The van der Waals surface area contributed by atoms with Crippen LogP contribution in [0.15, 0.2) is 18.2 Å². The van der Waals surface area contributed by atoms with Gasteiger partial charge in [0.1, 0.15) is 5.75 Å². The zero-order chi connectivity index (χ0) is 19.3. The van der Waals surface area contributed by atoms with Crippen LogP contribution in [0, 0.1) is 0 Å². The molecule has 0 aliphatic carbocycles. The van der Waals surface area contributed by atoms with Crippen LogP contribution in [0.1, 0.15) is 12.0 Å². The summed E-state index contributed by atoms with van der Waals surface area (Å²) in [6.45, 7) is 1.51. The van der Waals surface area contributed by atoms with E-state index in [2.05, 4.69) is 10.6 Å². The molecular weight excluding hydrogens is 380 g/mol. The topological polar surface area (TPSA) is 91.0 Å². The number of hydrogen-bond acceptors (Lipinski definition) is 5. The second-order valence-corrected chi connectivity index (χ2v) is 8.80. The van der Waals surface area contributed by atoms with Gasteiger partial charge in [-0.3, -0.25) is 4.79 Å². The molecule has 8 nitrogen and oxygen atoms in total. The minimum Gasteiger partial charge on any atom is -0.495 e. The van der Waals surface area contributed by atoms with Crippen molar-refractivity contribution in [3.63, 3.8) is 0 Å². The van der Waals surface area contributed by atoms with Crippen LogP contribution in [0.2, 0.25) is 5.02 Å². The minimum atomic E-state index is -3.47. The maximum absolute atomic E-state index is 12.2. The van der Waals surface area contributed by atoms with Crippen molar-refractivity contribution in [3.8, 4) is 5.75 Å². The molecule has 1 aliphatic rings. The van der Waals surface area contributed by atoms with Crippen LogP contribution in [-0.2, 0) is 21.5 Å². The average molecular weight is 405 g/mol. The number of piperazine rings is 1. The van der Waals surface area contributed by atoms with Crippen molar-refractivity contribution in [3.05, 3.63) is 28.8 Å². The molecule has 1 heterocycles. The van der Waals surface area contributed by atoms with Gasteiger partial charge in [-0.1, -0.05) is 17.7 Å². The van der Waals surface area contributed by atoms with Crippen LogP contribution >= 0.6 is 11.6 Å². The lowest BCUT2D eigenvalue weighted by molar-refractivity contribution is -0.121. The van der Waals surface area contributed by atoms with Crippen molar-refractivity contribution in [1.82, 2.24) is 19.2 Å². The lowest BCUT2D eigenvalue weighted by Crippen LogP contribution is -2.55. The highest BCUT2D eigenvalue weighted by Gasteiger charge is 2.30. The molecule has 146 valence electrons. The second kappa shape index (κ2) is 9.01. The molecule has 1 aromatic carbocycles. The third kappa shape index (κ3) is 5.31. The molecule has 0 saturated carbocycles. The molecule has 0 radical (unpaired) electrons. The number of nitrogens with one attached hydrogen (secondary N) is 2. The Bertz CT molecular complexity index is 742. The molecule has 1 amide bonds. The number of benzene rings is 1. The van der Waals surface area contributed by atoms with Gasteiger partial charge in [0, 0.05) is 52.7 Å². The summed E-state index contributed by atoms with van der Waals surface area (Å²) in [6.07, 6.45) is 0.198. The largest absolute Gasteiger partial charge is 0.495 e. The summed E-state index contributed by atoms with van der Waals surface area (Å²) in [4.78, 5) is 12.2. The second-order valence-electron chi connectivity index (χ2n) is 6.25. The zero-order valence-corrected chi connectivity index (χ0v) is 16.7. The van der Waals surface area contributed by atoms with E-state index < -0.39 is 10.2 Å². The summed E-state index contributed by atoms with van der Waals surface area (Å²) in [5, 5.41) is 6.50. The highest BCUT2D eigenvalue weighted by atomic mass is 35.5. The van der Waals surface area contributed by atoms with Crippen molar-refractivity contribution in [2.45, 2.75) is 19.0 Å². The van der Waals surface area contributed by atoms with Crippen molar-refractivity contribution >= 4 is 27.7 Å². The molecule has 2 N–H and O–H groups in total. The molecule has 0 aromatic heterocycles. The lowest BCUT2D eigenvalue weighted by atomic mass is 10.1. The standard InChI is InChI=1S/C16H25ClN4O4S/c1-20(2)26(23,24)21-7-6-18-13(11-21)9-16(22)19-10-12-4-5-15(25-3)14(17)8-12/h4-5,8,13,18H,6-7,9-11H2,1-3H3,(H,19,22). The highest BCUT2D eigenvalue weighted by molar-refractivity contribution is 7.86. The molecule has 26 heavy (non-hydrogen) atoms. The normalized spacial score (nSPS) is 18.7. The van der Waals surface area contributed by atoms with Crippen LogP contribution in [0.4, 0.5) is 0 Å². The van der Waals surface area contributed by atoms with Gasteiger partial charge in [0.2, 0.25) is 5.91 Å². The van der Waals surface area contributed by atoms with Crippen LogP contribution in [0.25, 0.3) is 0 Å². The molecule has 1 saturated heterocycles. The Morgan fingerprint density at radius 2 is 2.19 bits per heavy atom. The van der Waals surface area contributed by atoms with Crippen molar-refractivity contribution in [2.24, 2.45) is 0 Å². The average Bonchev–Trinajstić information content (AvgIpc) is 2.60. The van der Waals surface area contributed by atoms with Gasteiger partial charge in [-0.2, -0.15) is 17.0 Å². The predicted molar refractivity (Wildman–Crippen MR) is 100 cm³/mol. The molecule has 1 atom stereocenters. The summed E-state index contributed by atoms with van der Waals surface area (Å²) >= 11 is 6.07. The Kier molecular flexibility index (Phi) is 7.24. The molecule has 1 unspecified atom stereocenters. The third-order valence-corrected chi connectivity index (χ3v) is 6.35. The van der Waals surface area contributed by atoms with Crippen molar-refractivity contribution in [1.29, 1.82) is 0 Å². The monoisotopic (exact) mass is 404 g/mol. The first kappa shape index (κ1) is 20.9. The Balaban J connectivity index is 1.86. The summed E-state index contributed by atoms with van der Waals surface area (Å²) in [7, 11) is 1.07. The predicted octanol–water partition coefficient (Wildman–Crippen LogP) is 0.435. The van der Waals surface area contributed by atoms with Gasteiger partial charge in [0.25, 0.3) is 10.2 Å². The van der Waals surface area contributed by atoms with Gasteiger partial charge in [-0.15, -0.1) is 0 Å². The molecule has 1 aliphatic heterocycles. The number of ether oxygens (including phenoxy) is 1. The van der Waals surface area contributed by atoms with Crippen LogP contribution in [-0.4, -0.2) is 69.8 Å². The number of methoxy groups -OCH3 is 1. The van der Waals surface area contributed by atoms with Gasteiger partial charge >= 0.3 is 0 Å². The molecular formula is C16H25ClN4O4S. The Hall–Kier alpha value is -1.39. The van der Waals surface area contributed by atoms with E-state index in [9.17, 15) is 13.2 Å². The lowest BCUT2D eigenvalue weighted by Gasteiger charge is -2.34. The summed E-state index contributed by atoms with van der Waals surface area (Å²) < 4.78 is 32.1. The fourth-order valence-corrected chi connectivity index (χ4v) is 4.12. The first-order valence-corrected chi connectivity index (χ1v) is 10.0. The van der Waals surface area contributed by atoms with Crippen LogP contribution in [0.3, 0.4) is 0 Å². The van der Waals surface area contributed by atoms with E-state index in [1.54, 1.807) is 19.2 Å². The van der Waals surface area contributed by atoms with Crippen molar-refractivity contribution < 1.29 is 17.9 Å². The van der Waals surface area contributed by atoms with Crippen LogP contribution in [0.5, 0.6) is 5.75 Å². The van der Waals surface area contributed by atoms with Gasteiger partial charge in [0.05, 0.1) is 12.1 Å². The fourth-order valence-electron chi connectivity index (χ4n) is 2.69. The van der Waals surface area contributed by atoms with E-state index in [4.69, 9.17) is 16.3 Å². The summed E-state index contributed by atoms with van der Waals surface area (Å²) in [5.41, 5.74) is 0.859. The molecule has 2 rings (SSSR count). The number of carbonyl (C=O) groups excluding carboxylic acids is 1. The molecule has 1 aromatic rings. The van der Waals surface area contributed by atoms with Gasteiger partial charge in [0.15, 0.2) is 0 Å². The third-order valence-electron chi connectivity index (χ3n) is 4.14. The van der Waals surface area contributed by atoms with Gasteiger partial charge in [-0.05, 0) is 17.7 Å². The first-order chi connectivity index (χ1) is 12.2. The maximum Gasteiger partial charge on any atom is 0.281 e. The SMILES string of the molecule is COc1ccc(CNC(=O)CC2CN(S(=O)(=O)N(C)C)CCN2)cc1Cl. The molecule has 10 heteroatoms. The van der Waals surface area contributed by atoms with E-state index in [1.807, 2.05) is 6.07 Å². The number of hydrogen-bond donors (Lipinski definition) is 2. The van der Waals surface area contributed by atoms with Gasteiger partial charge in [-0.25, -0.2) is 0 Å². The number of halogens is 1. The number of rotatable bonds is 7. The summed E-state index contributed by atoms with van der Waals surface area (Å²) in [5.74, 6) is 0.425. The number of nitrogens with zero attached hydrogens (tertiary/aromatic N) is 2. The Morgan fingerprint density at radius 3 is 2.81 bits per heavy atom. The summed E-state index contributed by atoms with van der Waals surface area (Å²) in [6, 6.07) is 5.09. The van der Waals surface area contributed by atoms with E-state index in [1.165, 1.54) is 22.7 Å². The van der Waals surface area contributed by atoms with E-state index in [0.29, 0.717) is 30.4 Å². The van der Waals surface area contributed by atoms with Crippen molar-refractivity contribution in [2.75, 3.05) is 40.8 Å². The van der Waals surface area contributed by atoms with Gasteiger partial charge < -0.3 is 15.4 Å². The Morgan fingerprint density at radius 1 is 1.46 bits per heavy atom. The fraction of sp³-hybridized carbons (Fsp3) is 0.562. The zero-order valence-electron chi connectivity index (χ0n) is 15.2. The minimum absolute atomic E-state index is 0.154. The molecule has 1 fully saturated rings. The highest BCUT2D eigenvalue weighted by Crippen LogP contribution is 2.24. The Labute approximate surface area is 159 Å². The van der Waals surface area contributed by atoms with E-state index >= 15 is 0 Å². The van der Waals surface area contributed by atoms with E-state index in [0.717, 1.165) is 5.56 Å². The smallest absolute Gasteiger partial charge is 0.281 e. The molecule has 0 spiro atoms. The molecule has 0 bridgehead atoms. The van der Waals surface area contributed by atoms with E-state index in [-0.39, 0.29) is 24.9 Å². The van der Waals surface area contributed by atoms with Crippen LogP contribution < -0.4 is 15.4 Å². The number of carbonyl (C=O) groups is 1. The number of amides is 1.